The highest BCUT2D eigenvalue weighted by molar-refractivity contribution is 6.48. The maximum atomic E-state index is 12.6. The lowest BCUT2D eigenvalue weighted by molar-refractivity contribution is -0.166. The standard InChI is InChI=1S/C19H30N2O4Si/c1-12(17(23)24-13-9-8-10-20-11-13)15-14(16(22)21-15)19(5,18(2,3)4)25-26(6)7/h8-12,14-15,26H,1-7H3,(H,21,22)/t12-,14-,15-,19-/m1/s1. The second-order valence-electron chi connectivity index (χ2n) is 8.43. The minimum atomic E-state index is -1.40. The molecule has 7 heteroatoms. The average molecular weight is 379 g/mol. The number of hydrogen-bond acceptors (Lipinski definition) is 5. The average Bonchev–Trinajstić information content (AvgIpc) is 2.50. The van der Waals surface area contributed by atoms with Crippen LogP contribution in [-0.4, -0.2) is 37.5 Å². The first-order chi connectivity index (χ1) is 12.0. The maximum Gasteiger partial charge on any atom is 0.316 e. The van der Waals surface area contributed by atoms with Crippen LogP contribution in [0.4, 0.5) is 0 Å². The molecule has 4 atom stereocenters. The molecule has 6 nitrogen and oxygen atoms in total. The van der Waals surface area contributed by atoms with E-state index in [1.54, 1.807) is 25.3 Å². The third kappa shape index (κ3) is 3.99. The van der Waals surface area contributed by atoms with Gasteiger partial charge in [0.15, 0.2) is 9.04 Å². The summed E-state index contributed by atoms with van der Waals surface area (Å²) in [5.41, 5.74) is -0.902. The summed E-state index contributed by atoms with van der Waals surface area (Å²) in [5.74, 6) is -0.934. The van der Waals surface area contributed by atoms with Gasteiger partial charge in [0.1, 0.15) is 5.75 Å². The fourth-order valence-corrected chi connectivity index (χ4v) is 4.86. The number of amides is 1. The van der Waals surface area contributed by atoms with Gasteiger partial charge in [-0.1, -0.05) is 20.8 Å². The summed E-state index contributed by atoms with van der Waals surface area (Å²) in [7, 11) is -1.40. The maximum absolute atomic E-state index is 12.6. The van der Waals surface area contributed by atoms with Gasteiger partial charge in [-0.05, 0) is 44.5 Å². The van der Waals surface area contributed by atoms with Gasteiger partial charge in [0.25, 0.3) is 0 Å². The molecule has 1 aromatic heterocycles. The highest BCUT2D eigenvalue weighted by atomic mass is 28.3. The number of rotatable bonds is 6. The second-order valence-corrected chi connectivity index (χ2v) is 10.8. The van der Waals surface area contributed by atoms with Gasteiger partial charge in [-0.15, -0.1) is 0 Å². The van der Waals surface area contributed by atoms with E-state index in [0.717, 1.165) is 0 Å². The summed E-state index contributed by atoms with van der Waals surface area (Å²) in [6.45, 7) is 14.2. The fraction of sp³-hybridized carbons (Fsp3) is 0.632. The Morgan fingerprint density at radius 3 is 2.42 bits per heavy atom. The Bertz CT molecular complexity index is 659. The van der Waals surface area contributed by atoms with E-state index in [4.69, 9.17) is 9.16 Å². The summed E-state index contributed by atoms with van der Waals surface area (Å²) in [5, 5.41) is 2.89. The monoisotopic (exact) mass is 378 g/mol. The molecule has 1 saturated heterocycles. The van der Waals surface area contributed by atoms with Crippen molar-refractivity contribution in [2.24, 2.45) is 17.3 Å². The molecule has 1 N–H and O–H groups in total. The topological polar surface area (TPSA) is 77.5 Å². The quantitative estimate of drug-likeness (QED) is 0.468. The Kier molecular flexibility index (Phi) is 5.92. The zero-order valence-corrected chi connectivity index (χ0v) is 17.9. The molecule has 26 heavy (non-hydrogen) atoms. The smallest absolute Gasteiger partial charge is 0.316 e. The van der Waals surface area contributed by atoms with E-state index in [0.29, 0.717) is 5.75 Å². The van der Waals surface area contributed by atoms with Gasteiger partial charge >= 0.3 is 5.97 Å². The molecule has 2 heterocycles. The number of esters is 1. The van der Waals surface area contributed by atoms with Crippen LogP contribution in [0, 0.1) is 17.3 Å². The molecule has 1 fully saturated rings. The van der Waals surface area contributed by atoms with Gasteiger partial charge in [-0.25, -0.2) is 0 Å². The number of nitrogens with zero attached hydrogens (tertiary/aromatic N) is 1. The van der Waals surface area contributed by atoms with Crippen LogP contribution in [0.5, 0.6) is 5.75 Å². The number of hydrogen-bond donors (Lipinski definition) is 1. The normalized spacial score (nSPS) is 23.6. The van der Waals surface area contributed by atoms with Crippen molar-refractivity contribution in [2.75, 3.05) is 0 Å². The summed E-state index contributed by atoms with van der Waals surface area (Å²) in [4.78, 5) is 29.0. The van der Waals surface area contributed by atoms with Crippen molar-refractivity contribution < 1.29 is 18.8 Å². The Balaban J connectivity index is 2.21. The first-order valence-corrected chi connectivity index (χ1v) is 11.9. The Hall–Kier alpha value is -1.73. The van der Waals surface area contributed by atoms with Crippen LogP contribution in [0.25, 0.3) is 0 Å². The zero-order chi connectivity index (χ0) is 19.7. The molecular weight excluding hydrogens is 348 g/mol. The summed E-state index contributed by atoms with van der Waals surface area (Å²) < 4.78 is 11.8. The summed E-state index contributed by atoms with van der Waals surface area (Å²) in [6, 6.07) is 3.07. The number of aromatic nitrogens is 1. The lowest BCUT2D eigenvalue weighted by atomic mass is 9.62. The van der Waals surface area contributed by atoms with Crippen molar-refractivity contribution in [1.29, 1.82) is 0 Å². The van der Waals surface area contributed by atoms with Crippen molar-refractivity contribution in [3.05, 3.63) is 24.5 Å². The van der Waals surface area contributed by atoms with E-state index < -0.39 is 26.5 Å². The molecule has 1 amide bonds. The predicted octanol–water partition coefficient (Wildman–Crippen LogP) is 2.54. The van der Waals surface area contributed by atoms with Crippen molar-refractivity contribution in [1.82, 2.24) is 10.3 Å². The number of ether oxygens (including phenoxy) is 1. The Morgan fingerprint density at radius 1 is 1.31 bits per heavy atom. The number of carbonyl (C=O) groups excluding carboxylic acids is 2. The summed E-state index contributed by atoms with van der Waals surface area (Å²) >= 11 is 0. The van der Waals surface area contributed by atoms with Crippen LogP contribution >= 0.6 is 0 Å². The number of β-lactam (4-membered cyclic amide) rings is 1. The minimum Gasteiger partial charge on any atom is -0.425 e. The van der Waals surface area contributed by atoms with E-state index in [1.165, 1.54) is 6.20 Å². The number of pyridine rings is 1. The molecular formula is C19H30N2O4Si. The molecule has 1 aromatic rings. The van der Waals surface area contributed by atoms with Crippen LogP contribution in [0.2, 0.25) is 13.1 Å². The molecule has 0 aromatic carbocycles. The molecule has 0 saturated carbocycles. The third-order valence-electron chi connectivity index (χ3n) is 5.28. The second kappa shape index (κ2) is 7.48. The molecule has 1 aliphatic rings. The SMILES string of the molecule is C[C@@H](C(=O)Oc1cccnc1)[C@H]1NC(=O)[C@@H]1[C@@](C)(O[SiH](C)C)C(C)(C)C. The summed E-state index contributed by atoms with van der Waals surface area (Å²) in [6.07, 6.45) is 3.11. The first-order valence-electron chi connectivity index (χ1n) is 9.07. The molecule has 0 spiro atoms. The zero-order valence-electron chi connectivity index (χ0n) is 16.7. The van der Waals surface area contributed by atoms with Crippen molar-refractivity contribution in [3.8, 4) is 5.75 Å². The number of carbonyl (C=O) groups is 2. The first kappa shape index (κ1) is 20.6. The van der Waals surface area contributed by atoms with Crippen molar-refractivity contribution in [2.45, 2.75) is 59.4 Å². The van der Waals surface area contributed by atoms with Gasteiger partial charge < -0.3 is 14.5 Å². The van der Waals surface area contributed by atoms with Crippen LogP contribution in [0.15, 0.2) is 24.5 Å². The highest BCUT2D eigenvalue weighted by Crippen LogP contribution is 2.46. The molecule has 1 aliphatic heterocycles. The molecule has 0 bridgehead atoms. The van der Waals surface area contributed by atoms with Gasteiger partial charge in [-0.3, -0.25) is 14.6 Å². The molecule has 0 aliphatic carbocycles. The van der Waals surface area contributed by atoms with Crippen LogP contribution in [0.3, 0.4) is 0 Å². The van der Waals surface area contributed by atoms with Gasteiger partial charge in [0.2, 0.25) is 5.91 Å². The van der Waals surface area contributed by atoms with E-state index in [9.17, 15) is 9.59 Å². The van der Waals surface area contributed by atoms with Crippen molar-refractivity contribution >= 4 is 20.9 Å². The van der Waals surface area contributed by atoms with E-state index in [-0.39, 0.29) is 23.3 Å². The minimum absolute atomic E-state index is 0.0666. The number of nitrogens with one attached hydrogen (secondary N) is 1. The van der Waals surface area contributed by atoms with E-state index >= 15 is 0 Å². The molecule has 0 radical (unpaired) electrons. The van der Waals surface area contributed by atoms with E-state index in [2.05, 4.69) is 44.2 Å². The predicted molar refractivity (Wildman–Crippen MR) is 102 cm³/mol. The lowest BCUT2D eigenvalue weighted by Gasteiger charge is -2.55. The van der Waals surface area contributed by atoms with Crippen LogP contribution in [0.1, 0.15) is 34.6 Å². The van der Waals surface area contributed by atoms with Crippen LogP contribution < -0.4 is 10.1 Å². The van der Waals surface area contributed by atoms with Crippen LogP contribution in [-0.2, 0) is 14.0 Å². The van der Waals surface area contributed by atoms with Crippen molar-refractivity contribution in [3.63, 3.8) is 0 Å². The Morgan fingerprint density at radius 2 is 1.96 bits per heavy atom. The third-order valence-corrected chi connectivity index (χ3v) is 6.24. The van der Waals surface area contributed by atoms with E-state index in [1.807, 2.05) is 6.92 Å². The largest absolute Gasteiger partial charge is 0.425 e. The lowest BCUT2D eigenvalue weighted by Crippen LogP contribution is -2.72. The molecule has 0 unspecified atom stereocenters. The fourth-order valence-electron chi connectivity index (χ4n) is 3.38. The molecule has 144 valence electrons. The molecule has 2 rings (SSSR count). The van der Waals surface area contributed by atoms with Gasteiger partial charge in [-0.2, -0.15) is 0 Å². The highest BCUT2D eigenvalue weighted by Gasteiger charge is 2.59. The van der Waals surface area contributed by atoms with Gasteiger partial charge in [0.05, 0.1) is 29.7 Å². The Labute approximate surface area is 157 Å². The van der Waals surface area contributed by atoms with Gasteiger partial charge in [0, 0.05) is 6.20 Å².